The second-order valence-electron chi connectivity index (χ2n) is 3.47. The molecule has 0 aliphatic rings. The van der Waals surface area contributed by atoms with Gasteiger partial charge in [-0.15, -0.1) is 0 Å². The van der Waals surface area contributed by atoms with E-state index in [2.05, 4.69) is 78.7 Å². The summed E-state index contributed by atoms with van der Waals surface area (Å²) >= 11 is 9.24. The third-order valence-corrected chi connectivity index (χ3v) is 4.18. The average molecular weight is 468 g/mol. The molecule has 0 radical (unpaired) electrons. The third kappa shape index (κ3) is 3.69. The minimum absolute atomic E-state index is 0.568. The third-order valence-electron chi connectivity index (χ3n) is 2.22. The number of hydrogen-bond donors (Lipinski definition) is 0. The van der Waals surface area contributed by atoms with Crippen molar-refractivity contribution in [3.8, 4) is 5.75 Å². The summed E-state index contributed by atoms with van der Waals surface area (Å²) in [4.78, 5) is 0. The average Bonchev–Trinajstić information content (AvgIpc) is 2.31. The summed E-state index contributed by atoms with van der Waals surface area (Å²) in [5, 5.41) is 0. The van der Waals surface area contributed by atoms with Crippen molar-refractivity contribution >= 4 is 54.5 Å². The van der Waals surface area contributed by atoms with Crippen LogP contribution in [0.2, 0.25) is 0 Å². The van der Waals surface area contributed by atoms with Crippen LogP contribution in [0.15, 0.2) is 51.4 Å². The van der Waals surface area contributed by atoms with Crippen molar-refractivity contribution < 1.29 is 4.74 Å². The SMILES string of the molecule is Brc1cccc(Br)c1OCc1ccc(I)cc1. The molecule has 0 saturated heterocycles. The van der Waals surface area contributed by atoms with E-state index in [1.165, 1.54) is 3.57 Å². The molecule has 0 unspecified atom stereocenters. The van der Waals surface area contributed by atoms with Crippen molar-refractivity contribution in [2.75, 3.05) is 0 Å². The van der Waals surface area contributed by atoms with E-state index in [4.69, 9.17) is 4.74 Å². The molecule has 0 saturated carbocycles. The predicted octanol–water partition coefficient (Wildman–Crippen LogP) is 5.40. The minimum atomic E-state index is 0.568. The van der Waals surface area contributed by atoms with Crippen LogP contribution in [0.4, 0.5) is 0 Å². The van der Waals surface area contributed by atoms with E-state index >= 15 is 0 Å². The first-order valence-corrected chi connectivity index (χ1v) is 7.64. The lowest BCUT2D eigenvalue weighted by atomic mass is 10.2. The fourth-order valence-corrected chi connectivity index (χ4v) is 2.94. The second kappa shape index (κ2) is 6.20. The van der Waals surface area contributed by atoms with E-state index in [1.807, 2.05) is 18.2 Å². The summed E-state index contributed by atoms with van der Waals surface area (Å²) < 4.78 is 8.94. The van der Waals surface area contributed by atoms with Gasteiger partial charge in [-0.1, -0.05) is 18.2 Å². The maximum atomic E-state index is 5.80. The molecule has 0 aromatic heterocycles. The lowest BCUT2D eigenvalue weighted by Crippen LogP contribution is -1.96. The largest absolute Gasteiger partial charge is 0.487 e. The van der Waals surface area contributed by atoms with Gasteiger partial charge in [0.1, 0.15) is 12.4 Å². The van der Waals surface area contributed by atoms with Crippen molar-refractivity contribution in [3.05, 3.63) is 60.5 Å². The highest BCUT2D eigenvalue weighted by molar-refractivity contribution is 14.1. The molecule has 0 spiro atoms. The number of para-hydroxylation sites is 1. The molecule has 2 aromatic rings. The Balaban J connectivity index is 2.10. The Morgan fingerprint density at radius 3 is 2.12 bits per heavy atom. The van der Waals surface area contributed by atoms with Crippen LogP contribution >= 0.6 is 54.5 Å². The molecule has 0 fully saturated rings. The Labute approximate surface area is 131 Å². The normalized spacial score (nSPS) is 10.3. The van der Waals surface area contributed by atoms with Gasteiger partial charge in [0.2, 0.25) is 0 Å². The predicted molar refractivity (Wildman–Crippen MR) is 85.3 cm³/mol. The quantitative estimate of drug-likeness (QED) is 0.549. The van der Waals surface area contributed by atoms with Crippen molar-refractivity contribution in [1.82, 2.24) is 0 Å². The number of ether oxygens (including phenoxy) is 1. The lowest BCUT2D eigenvalue weighted by Gasteiger charge is -2.10. The molecule has 4 heteroatoms. The van der Waals surface area contributed by atoms with Crippen LogP contribution in [0.5, 0.6) is 5.75 Å². The first kappa shape index (κ1) is 13.4. The zero-order valence-corrected chi connectivity index (χ0v) is 14.1. The molecule has 17 heavy (non-hydrogen) atoms. The van der Waals surface area contributed by atoms with E-state index in [0.29, 0.717) is 6.61 Å². The van der Waals surface area contributed by atoms with E-state index in [-0.39, 0.29) is 0 Å². The molecule has 0 atom stereocenters. The van der Waals surface area contributed by atoms with E-state index in [0.717, 1.165) is 20.3 Å². The molecule has 0 N–H and O–H groups in total. The number of benzene rings is 2. The summed E-state index contributed by atoms with van der Waals surface area (Å²) in [6, 6.07) is 14.2. The monoisotopic (exact) mass is 466 g/mol. The molecule has 0 amide bonds. The summed E-state index contributed by atoms with van der Waals surface area (Å²) in [5.74, 6) is 0.839. The fraction of sp³-hybridized carbons (Fsp3) is 0.0769. The van der Waals surface area contributed by atoms with Gasteiger partial charge in [-0.3, -0.25) is 0 Å². The molecular formula is C13H9Br2IO. The van der Waals surface area contributed by atoms with Gasteiger partial charge in [0, 0.05) is 3.57 Å². The van der Waals surface area contributed by atoms with Gasteiger partial charge in [0.25, 0.3) is 0 Å². The standard InChI is InChI=1S/C13H9Br2IO/c14-11-2-1-3-12(15)13(11)17-8-9-4-6-10(16)7-5-9/h1-7H,8H2. The molecular weight excluding hydrogens is 459 g/mol. The molecule has 88 valence electrons. The summed E-state index contributed by atoms with van der Waals surface area (Å²) in [6.45, 7) is 0.568. The first-order chi connectivity index (χ1) is 8.16. The van der Waals surface area contributed by atoms with Crippen LogP contribution < -0.4 is 4.74 Å². The zero-order chi connectivity index (χ0) is 12.3. The highest BCUT2D eigenvalue weighted by Crippen LogP contribution is 2.33. The molecule has 0 bridgehead atoms. The Hall–Kier alpha value is -0.0700. The molecule has 1 nitrogen and oxygen atoms in total. The van der Waals surface area contributed by atoms with Gasteiger partial charge in [-0.2, -0.15) is 0 Å². The maximum absolute atomic E-state index is 5.80. The van der Waals surface area contributed by atoms with Gasteiger partial charge in [-0.05, 0) is 84.3 Å². The van der Waals surface area contributed by atoms with Crippen molar-refractivity contribution in [2.45, 2.75) is 6.61 Å². The minimum Gasteiger partial charge on any atom is -0.487 e. The Bertz CT molecular complexity index is 491. The molecule has 0 heterocycles. The van der Waals surface area contributed by atoms with Crippen molar-refractivity contribution in [3.63, 3.8) is 0 Å². The fourth-order valence-electron chi connectivity index (χ4n) is 1.36. The van der Waals surface area contributed by atoms with Crippen LogP contribution in [0, 0.1) is 3.57 Å². The van der Waals surface area contributed by atoms with Crippen LogP contribution in [0.3, 0.4) is 0 Å². The van der Waals surface area contributed by atoms with Crippen LogP contribution in [0.1, 0.15) is 5.56 Å². The van der Waals surface area contributed by atoms with Crippen LogP contribution in [-0.2, 0) is 6.61 Å². The summed E-state index contributed by atoms with van der Waals surface area (Å²) in [6.07, 6.45) is 0. The van der Waals surface area contributed by atoms with E-state index in [9.17, 15) is 0 Å². The van der Waals surface area contributed by atoms with Crippen molar-refractivity contribution in [1.29, 1.82) is 0 Å². The molecule has 2 rings (SSSR count). The van der Waals surface area contributed by atoms with Gasteiger partial charge >= 0.3 is 0 Å². The molecule has 0 aliphatic heterocycles. The van der Waals surface area contributed by atoms with Gasteiger partial charge < -0.3 is 4.74 Å². The number of hydrogen-bond acceptors (Lipinski definition) is 1. The van der Waals surface area contributed by atoms with Crippen LogP contribution in [0.25, 0.3) is 0 Å². The highest BCUT2D eigenvalue weighted by atomic mass is 127. The Kier molecular flexibility index (Phi) is 4.87. The number of rotatable bonds is 3. The van der Waals surface area contributed by atoms with Gasteiger partial charge in [0.15, 0.2) is 0 Å². The molecule has 2 aromatic carbocycles. The van der Waals surface area contributed by atoms with Gasteiger partial charge in [-0.25, -0.2) is 0 Å². The number of halogens is 3. The maximum Gasteiger partial charge on any atom is 0.148 e. The van der Waals surface area contributed by atoms with Crippen LogP contribution in [-0.4, -0.2) is 0 Å². The van der Waals surface area contributed by atoms with Crippen molar-refractivity contribution in [2.24, 2.45) is 0 Å². The smallest absolute Gasteiger partial charge is 0.148 e. The second-order valence-corrected chi connectivity index (χ2v) is 6.42. The highest BCUT2D eigenvalue weighted by Gasteiger charge is 2.05. The topological polar surface area (TPSA) is 9.23 Å². The van der Waals surface area contributed by atoms with E-state index < -0.39 is 0 Å². The lowest BCUT2D eigenvalue weighted by molar-refractivity contribution is 0.302. The summed E-state index contributed by atoms with van der Waals surface area (Å²) in [5.41, 5.74) is 1.16. The first-order valence-electron chi connectivity index (χ1n) is 4.98. The Morgan fingerprint density at radius 2 is 1.53 bits per heavy atom. The van der Waals surface area contributed by atoms with Gasteiger partial charge in [0.05, 0.1) is 8.95 Å². The molecule has 0 aliphatic carbocycles. The van der Waals surface area contributed by atoms with E-state index in [1.54, 1.807) is 0 Å². The Morgan fingerprint density at radius 1 is 0.941 bits per heavy atom. The summed E-state index contributed by atoms with van der Waals surface area (Å²) in [7, 11) is 0. The zero-order valence-electron chi connectivity index (χ0n) is 8.79.